The number of rotatable bonds is 9. The zero-order valence-corrected chi connectivity index (χ0v) is 16.9. The van der Waals surface area contributed by atoms with Gasteiger partial charge in [-0.2, -0.15) is 0 Å². The topological polar surface area (TPSA) is 67.9 Å². The fraction of sp³-hybridized carbons (Fsp3) is 0.333. The van der Waals surface area contributed by atoms with Crippen LogP contribution in [-0.2, 0) is 4.79 Å². The van der Waals surface area contributed by atoms with Gasteiger partial charge in [-0.15, -0.1) is 0 Å². The molecule has 2 aromatic rings. The van der Waals surface area contributed by atoms with Crippen LogP contribution in [0.4, 0.5) is 18.9 Å². The van der Waals surface area contributed by atoms with Gasteiger partial charge in [0.1, 0.15) is 6.54 Å². The van der Waals surface area contributed by atoms with Gasteiger partial charge in [0.25, 0.3) is 5.91 Å². The molecule has 0 fully saturated rings. The maximum Gasteiger partial charge on any atom is 0.254 e. The highest BCUT2D eigenvalue weighted by Gasteiger charge is 2.21. The van der Waals surface area contributed by atoms with E-state index >= 15 is 0 Å². The second-order valence-electron chi connectivity index (χ2n) is 6.30. The van der Waals surface area contributed by atoms with E-state index in [1.54, 1.807) is 19.1 Å². The van der Waals surface area contributed by atoms with E-state index in [4.69, 9.17) is 9.47 Å². The second-order valence-corrected chi connectivity index (χ2v) is 6.30. The van der Waals surface area contributed by atoms with Gasteiger partial charge in [-0.1, -0.05) is 6.92 Å². The van der Waals surface area contributed by atoms with Crippen molar-refractivity contribution in [3.05, 3.63) is 53.3 Å². The van der Waals surface area contributed by atoms with Gasteiger partial charge in [-0.25, -0.2) is 13.2 Å². The SMILES string of the molecule is CCCN(CC(=O)Nc1ccc(F)c(F)c1F)C(=O)c1ccc(OC)c(OCC)c1. The molecule has 9 heteroatoms. The van der Waals surface area contributed by atoms with Crippen molar-refractivity contribution in [2.45, 2.75) is 20.3 Å². The fourth-order valence-electron chi connectivity index (χ4n) is 2.77. The summed E-state index contributed by atoms with van der Waals surface area (Å²) in [6, 6.07) is 6.25. The number of halogens is 3. The molecule has 2 aromatic carbocycles. The van der Waals surface area contributed by atoms with Crippen molar-refractivity contribution < 1.29 is 32.2 Å². The summed E-state index contributed by atoms with van der Waals surface area (Å²) in [5.41, 5.74) is -0.231. The van der Waals surface area contributed by atoms with E-state index in [0.29, 0.717) is 30.6 Å². The monoisotopic (exact) mass is 424 g/mol. The zero-order chi connectivity index (χ0) is 22.3. The number of nitrogens with zero attached hydrogens (tertiary/aromatic N) is 1. The quantitative estimate of drug-likeness (QED) is 0.618. The molecule has 1 N–H and O–H groups in total. The number of benzene rings is 2. The van der Waals surface area contributed by atoms with E-state index in [1.807, 2.05) is 6.92 Å². The lowest BCUT2D eigenvalue weighted by molar-refractivity contribution is -0.116. The van der Waals surface area contributed by atoms with E-state index in [9.17, 15) is 22.8 Å². The molecule has 162 valence electrons. The van der Waals surface area contributed by atoms with Crippen LogP contribution in [0.3, 0.4) is 0 Å². The third-order valence-electron chi connectivity index (χ3n) is 4.13. The second kappa shape index (κ2) is 10.5. The van der Waals surface area contributed by atoms with Crippen molar-refractivity contribution in [3.8, 4) is 11.5 Å². The van der Waals surface area contributed by atoms with Gasteiger partial charge in [0, 0.05) is 12.1 Å². The Hall–Kier alpha value is -3.23. The van der Waals surface area contributed by atoms with Crippen LogP contribution in [0.5, 0.6) is 11.5 Å². The maximum atomic E-state index is 13.8. The third kappa shape index (κ3) is 5.43. The minimum atomic E-state index is -1.68. The van der Waals surface area contributed by atoms with Crippen LogP contribution in [0.15, 0.2) is 30.3 Å². The molecule has 2 rings (SSSR count). The maximum absolute atomic E-state index is 13.8. The molecule has 2 amide bonds. The Balaban J connectivity index is 2.19. The van der Waals surface area contributed by atoms with Crippen LogP contribution in [-0.4, -0.2) is 43.5 Å². The lowest BCUT2D eigenvalue weighted by Crippen LogP contribution is -2.38. The van der Waals surface area contributed by atoms with Crippen molar-refractivity contribution in [2.24, 2.45) is 0 Å². The summed E-state index contributed by atoms with van der Waals surface area (Å²) in [7, 11) is 1.48. The molecule has 0 aliphatic rings. The highest BCUT2D eigenvalue weighted by molar-refractivity contribution is 5.99. The molecule has 0 heterocycles. The Morgan fingerprint density at radius 1 is 1.03 bits per heavy atom. The molecule has 0 aliphatic carbocycles. The molecule has 0 spiro atoms. The first kappa shape index (κ1) is 23.1. The van der Waals surface area contributed by atoms with Crippen LogP contribution in [0.2, 0.25) is 0 Å². The van der Waals surface area contributed by atoms with Crippen LogP contribution < -0.4 is 14.8 Å². The molecule has 0 saturated carbocycles. The molecular weight excluding hydrogens is 401 g/mol. The molecule has 30 heavy (non-hydrogen) atoms. The largest absolute Gasteiger partial charge is 0.493 e. The van der Waals surface area contributed by atoms with Gasteiger partial charge < -0.3 is 19.7 Å². The van der Waals surface area contributed by atoms with E-state index < -0.39 is 41.5 Å². The van der Waals surface area contributed by atoms with Crippen LogP contribution >= 0.6 is 0 Å². The summed E-state index contributed by atoms with van der Waals surface area (Å²) in [5, 5.41) is 2.16. The highest BCUT2D eigenvalue weighted by atomic mass is 19.2. The summed E-state index contributed by atoms with van der Waals surface area (Å²) in [6.07, 6.45) is 0.563. The molecule has 0 atom stereocenters. The molecule has 0 unspecified atom stereocenters. The lowest BCUT2D eigenvalue weighted by atomic mass is 10.1. The summed E-state index contributed by atoms with van der Waals surface area (Å²) in [5.74, 6) is -4.90. The normalized spacial score (nSPS) is 10.5. The first-order valence-electron chi connectivity index (χ1n) is 9.35. The summed E-state index contributed by atoms with van der Waals surface area (Å²) >= 11 is 0. The van der Waals surface area contributed by atoms with Gasteiger partial charge in [-0.3, -0.25) is 9.59 Å². The average molecular weight is 424 g/mol. The van der Waals surface area contributed by atoms with E-state index in [0.717, 1.165) is 6.07 Å². The fourth-order valence-corrected chi connectivity index (χ4v) is 2.77. The molecule has 0 bridgehead atoms. The van der Waals surface area contributed by atoms with Crippen LogP contribution in [0, 0.1) is 17.5 Å². The summed E-state index contributed by atoms with van der Waals surface area (Å²) in [6.45, 7) is 3.84. The Labute approximate surface area is 172 Å². The van der Waals surface area contributed by atoms with Gasteiger partial charge in [0.05, 0.1) is 19.4 Å². The van der Waals surface area contributed by atoms with Crippen molar-refractivity contribution in [2.75, 3.05) is 32.1 Å². The van der Waals surface area contributed by atoms with Crippen molar-refractivity contribution >= 4 is 17.5 Å². The number of hydrogen-bond donors (Lipinski definition) is 1. The Bertz CT molecular complexity index is 921. The number of nitrogens with one attached hydrogen (secondary N) is 1. The molecule has 0 radical (unpaired) electrons. The van der Waals surface area contributed by atoms with Gasteiger partial charge in [0.2, 0.25) is 5.91 Å². The number of ether oxygens (including phenoxy) is 2. The number of amides is 2. The molecule has 0 saturated heterocycles. The number of carbonyl (C=O) groups excluding carboxylic acids is 2. The smallest absolute Gasteiger partial charge is 0.254 e. The summed E-state index contributed by atoms with van der Waals surface area (Å²) < 4.78 is 50.8. The Morgan fingerprint density at radius 3 is 2.40 bits per heavy atom. The lowest BCUT2D eigenvalue weighted by Gasteiger charge is -2.22. The first-order chi connectivity index (χ1) is 14.3. The first-order valence-corrected chi connectivity index (χ1v) is 9.35. The van der Waals surface area contributed by atoms with Crippen molar-refractivity contribution in [1.82, 2.24) is 4.90 Å². The molecule has 0 aromatic heterocycles. The zero-order valence-electron chi connectivity index (χ0n) is 16.9. The number of carbonyl (C=O) groups is 2. The van der Waals surface area contributed by atoms with E-state index in [-0.39, 0.29) is 12.1 Å². The Morgan fingerprint density at radius 2 is 1.77 bits per heavy atom. The Kier molecular flexibility index (Phi) is 8.08. The standard InChI is InChI=1S/C21H23F3N2O4/c1-4-10-26(12-18(27)25-15-8-7-14(22)19(23)20(15)24)21(28)13-6-9-16(29-3)17(11-13)30-5-2/h6-9,11H,4-5,10,12H2,1-3H3,(H,25,27). The van der Waals surface area contributed by atoms with Crippen LogP contribution in [0.1, 0.15) is 30.6 Å². The van der Waals surface area contributed by atoms with Crippen LogP contribution in [0.25, 0.3) is 0 Å². The minimum absolute atomic E-state index is 0.252. The van der Waals surface area contributed by atoms with E-state index in [1.165, 1.54) is 18.1 Å². The minimum Gasteiger partial charge on any atom is -0.493 e. The average Bonchev–Trinajstić information content (AvgIpc) is 2.73. The van der Waals surface area contributed by atoms with Gasteiger partial charge in [-0.05, 0) is 43.7 Å². The van der Waals surface area contributed by atoms with E-state index in [2.05, 4.69) is 5.32 Å². The summed E-state index contributed by atoms with van der Waals surface area (Å²) in [4.78, 5) is 26.5. The molecule has 0 aliphatic heterocycles. The van der Waals surface area contributed by atoms with Gasteiger partial charge >= 0.3 is 0 Å². The predicted octanol–water partition coefficient (Wildman–Crippen LogP) is 4.00. The molecular formula is C21H23F3N2O4. The highest BCUT2D eigenvalue weighted by Crippen LogP contribution is 2.28. The van der Waals surface area contributed by atoms with Gasteiger partial charge in [0.15, 0.2) is 29.0 Å². The number of methoxy groups -OCH3 is 1. The third-order valence-corrected chi connectivity index (χ3v) is 4.13. The molecule has 6 nitrogen and oxygen atoms in total. The predicted molar refractivity (Wildman–Crippen MR) is 105 cm³/mol. The number of hydrogen-bond acceptors (Lipinski definition) is 4. The van der Waals surface area contributed by atoms with Crippen molar-refractivity contribution in [1.29, 1.82) is 0 Å². The van der Waals surface area contributed by atoms with Crippen molar-refractivity contribution in [3.63, 3.8) is 0 Å². The number of anilines is 1.